The van der Waals surface area contributed by atoms with Gasteiger partial charge in [-0.25, -0.2) is 0 Å². The molecule has 22 heavy (non-hydrogen) atoms. The highest BCUT2D eigenvalue weighted by molar-refractivity contribution is 5.00. The van der Waals surface area contributed by atoms with E-state index in [0.29, 0.717) is 24.2 Å². The van der Waals surface area contributed by atoms with Crippen LogP contribution < -0.4 is 0 Å². The normalized spacial score (nSPS) is 19.6. The quantitative estimate of drug-likeness (QED) is 0.839. The van der Waals surface area contributed by atoms with E-state index in [1.165, 1.54) is 0 Å². The van der Waals surface area contributed by atoms with Crippen molar-refractivity contribution in [1.82, 2.24) is 25.2 Å². The fourth-order valence-corrected chi connectivity index (χ4v) is 2.66. The highest BCUT2D eigenvalue weighted by Crippen LogP contribution is 2.32. The van der Waals surface area contributed by atoms with Crippen LogP contribution in [0, 0.1) is 0 Å². The first-order valence-corrected chi connectivity index (χ1v) is 7.94. The van der Waals surface area contributed by atoms with Crippen molar-refractivity contribution in [2.75, 3.05) is 6.54 Å². The Hall–Kier alpha value is -1.76. The van der Waals surface area contributed by atoms with Crippen molar-refractivity contribution >= 4 is 0 Å². The number of aromatic nitrogens is 4. The molecule has 120 valence electrons. The topological polar surface area (TPSA) is 81.1 Å². The van der Waals surface area contributed by atoms with Gasteiger partial charge in [-0.1, -0.05) is 32.9 Å². The van der Waals surface area contributed by atoms with E-state index in [0.717, 1.165) is 25.2 Å². The molecular formula is C15H23N5O2. The lowest BCUT2D eigenvalue weighted by molar-refractivity contribution is 0.209. The molecule has 0 spiro atoms. The molecule has 0 amide bonds. The molecule has 0 saturated carbocycles. The molecule has 1 fully saturated rings. The maximum absolute atomic E-state index is 5.71. The van der Waals surface area contributed by atoms with Crippen molar-refractivity contribution in [2.24, 2.45) is 0 Å². The molecule has 0 aromatic carbocycles. The standard InChI is InChI=1S/C15H23N5O2/c1-9(2)14-16-13(19-22-14)11-6-5-7-20(11)8-12-17-18-15(21-12)10(3)4/h9-11H,5-8H2,1-4H3/t11-/m1/s1. The van der Waals surface area contributed by atoms with Crippen LogP contribution in [0.1, 0.15) is 81.9 Å². The predicted molar refractivity (Wildman–Crippen MR) is 79.2 cm³/mol. The van der Waals surface area contributed by atoms with E-state index < -0.39 is 0 Å². The summed E-state index contributed by atoms with van der Waals surface area (Å²) in [6.07, 6.45) is 2.14. The summed E-state index contributed by atoms with van der Waals surface area (Å²) in [7, 11) is 0. The Morgan fingerprint density at radius 2 is 1.91 bits per heavy atom. The number of rotatable bonds is 5. The Labute approximate surface area is 130 Å². The van der Waals surface area contributed by atoms with Gasteiger partial charge in [0.15, 0.2) is 5.82 Å². The largest absolute Gasteiger partial charge is 0.424 e. The van der Waals surface area contributed by atoms with Crippen LogP contribution in [-0.2, 0) is 6.54 Å². The average molecular weight is 305 g/mol. The minimum Gasteiger partial charge on any atom is -0.424 e. The molecule has 1 atom stereocenters. The van der Waals surface area contributed by atoms with E-state index in [-0.39, 0.29) is 17.9 Å². The van der Waals surface area contributed by atoms with Crippen LogP contribution >= 0.6 is 0 Å². The lowest BCUT2D eigenvalue weighted by atomic mass is 10.2. The minimum atomic E-state index is 0.172. The second kappa shape index (κ2) is 6.16. The van der Waals surface area contributed by atoms with Gasteiger partial charge in [0, 0.05) is 11.8 Å². The zero-order chi connectivity index (χ0) is 15.7. The van der Waals surface area contributed by atoms with E-state index >= 15 is 0 Å². The first-order chi connectivity index (χ1) is 10.5. The van der Waals surface area contributed by atoms with Crippen molar-refractivity contribution < 1.29 is 8.94 Å². The van der Waals surface area contributed by atoms with Gasteiger partial charge in [0.1, 0.15) is 0 Å². The Balaban J connectivity index is 1.72. The first-order valence-electron chi connectivity index (χ1n) is 7.94. The maximum Gasteiger partial charge on any atom is 0.230 e. The summed E-state index contributed by atoms with van der Waals surface area (Å²) in [6.45, 7) is 9.81. The van der Waals surface area contributed by atoms with Gasteiger partial charge in [-0.15, -0.1) is 10.2 Å². The van der Waals surface area contributed by atoms with Gasteiger partial charge in [0.05, 0.1) is 12.6 Å². The molecule has 1 saturated heterocycles. The van der Waals surface area contributed by atoms with Crippen LogP contribution in [0.3, 0.4) is 0 Å². The molecule has 3 rings (SSSR count). The van der Waals surface area contributed by atoms with Crippen molar-refractivity contribution in [2.45, 2.75) is 65.0 Å². The molecule has 0 bridgehead atoms. The van der Waals surface area contributed by atoms with Crippen LogP contribution in [0.25, 0.3) is 0 Å². The Kier molecular flexibility index (Phi) is 4.24. The first kappa shape index (κ1) is 15.1. The van der Waals surface area contributed by atoms with Crippen molar-refractivity contribution in [1.29, 1.82) is 0 Å². The molecule has 7 heteroatoms. The number of nitrogens with zero attached hydrogens (tertiary/aromatic N) is 5. The predicted octanol–water partition coefficient (Wildman–Crippen LogP) is 3.04. The highest BCUT2D eigenvalue weighted by atomic mass is 16.5. The molecule has 2 aromatic heterocycles. The number of hydrogen-bond donors (Lipinski definition) is 0. The molecule has 0 radical (unpaired) electrons. The molecule has 2 aromatic rings. The third-order valence-corrected chi connectivity index (χ3v) is 3.93. The zero-order valence-electron chi connectivity index (χ0n) is 13.6. The van der Waals surface area contributed by atoms with Crippen LogP contribution in [0.4, 0.5) is 0 Å². The fourth-order valence-electron chi connectivity index (χ4n) is 2.66. The third-order valence-electron chi connectivity index (χ3n) is 3.93. The summed E-state index contributed by atoms with van der Waals surface area (Å²) >= 11 is 0. The molecule has 0 unspecified atom stereocenters. The summed E-state index contributed by atoms with van der Waals surface area (Å²) in [6, 6.07) is 0.172. The molecule has 7 nitrogen and oxygen atoms in total. The molecule has 1 aliphatic rings. The van der Waals surface area contributed by atoms with E-state index in [2.05, 4.69) is 39.1 Å². The van der Waals surface area contributed by atoms with Gasteiger partial charge < -0.3 is 8.94 Å². The van der Waals surface area contributed by atoms with E-state index in [1.54, 1.807) is 0 Å². The second-order valence-electron chi connectivity index (χ2n) is 6.46. The Morgan fingerprint density at radius 1 is 1.14 bits per heavy atom. The second-order valence-corrected chi connectivity index (χ2v) is 6.46. The van der Waals surface area contributed by atoms with E-state index in [4.69, 9.17) is 8.94 Å². The Morgan fingerprint density at radius 3 is 2.55 bits per heavy atom. The van der Waals surface area contributed by atoms with Gasteiger partial charge in [-0.2, -0.15) is 4.98 Å². The summed E-state index contributed by atoms with van der Waals surface area (Å²) in [4.78, 5) is 6.82. The average Bonchev–Trinajstić information content (AvgIpc) is 3.18. The van der Waals surface area contributed by atoms with Gasteiger partial charge in [-0.05, 0) is 19.4 Å². The molecule has 0 N–H and O–H groups in total. The molecule has 0 aliphatic carbocycles. The summed E-state index contributed by atoms with van der Waals surface area (Å²) in [5.74, 6) is 3.31. The lowest BCUT2D eigenvalue weighted by Crippen LogP contribution is -2.23. The zero-order valence-corrected chi connectivity index (χ0v) is 13.6. The monoisotopic (exact) mass is 305 g/mol. The van der Waals surface area contributed by atoms with Crippen LogP contribution in [0.5, 0.6) is 0 Å². The van der Waals surface area contributed by atoms with Crippen molar-refractivity contribution in [3.8, 4) is 0 Å². The Bertz CT molecular complexity index is 619. The summed E-state index contributed by atoms with van der Waals surface area (Å²) < 4.78 is 11.0. The summed E-state index contributed by atoms with van der Waals surface area (Å²) in [5.41, 5.74) is 0. The molecule has 1 aliphatic heterocycles. The SMILES string of the molecule is CC(C)c1nc([C@H]2CCCN2Cc2nnc(C(C)C)o2)no1. The van der Waals surface area contributed by atoms with E-state index in [9.17, 15) is 0 Å². The van der Waals surface area contributed by atoms with Gasteiger partial charge in [0.25, 0.3) is 0 Å². The van der Waals surface area contributed by atoms with Crippen LogP contribution in [-0.4, -0.2) is 31.8 Å². The smallest absolute Gasteiger partial charge is 0.230 e. The van der Waals surface area contributed by atoms with Crippen molar-refractivity contribution in [3.05, 3.63) is 23.5 Å². The molecular weight excluding hydrogens is 282 g/mol. The van der Waals surface area contributed by atoms with Gasteiger partial charge in [-0.3, -0.25) is 4.90 Å². The van der Waals surface area contributed by atoms with Crippen molar-refractivity contribution in [3.63, 3.8) is 0 Å². The van der Waals surface area contributed by atoms with Gasteiger partial charge in [0.2, 0.25) is 17.7 Å². The van der Waals surface area contributed by atoms with E-state index in [1.807, 2.05) is 13.8 Å². The number of likely N-dealkylation sites (tertiary alicyclic amines) is 1. The van der Waals surface area contributed by atoms with Crippen LogP contribution in [0.2, 0.25) is 0 Å². The molecule has 3 heterocycles. The number of hydrogen-bond acceptors (Lipinski definition) is 7. The fraction of sp³-hybridized carbons (Fsp3) is 0.733. The highest BCUT2D eigenvalue weighted by Gasteiger charge is 2.31. The third kappa shape index (κ3) is 3.04. The summed E-state index contributed by atoms with van der Waals surface area (Å²) in [5, 5.41) is 12.4. The lowest BCUT2D eigenvalue weighted by Gasteiger charge is -2.19. The minimum absolute atomic E-state index is 0.172. The van der Waals surface area contributed by atoms with Gasteiger partial charge >= 0.3 is 0 Å². The van der Waals surface area contributed by atoms with Crippen LogP contribution in [0.15, 0.2) is 8.94 Å². The maximum atomic E-state index is 5.71.